The highest BCUT2D eigenvalue weighted by Crippen LogP contribution is 2.39. The molecule has 5 nitrogen and oxygen atoms in total. The number of carbonyl (C=O) groups is 1. The van der Waals surface area contributed by atoms with E-state index >= 15 is 0 Å². The summed E-state index contributed by atoms with van der Waals surface area (Å²) in [7, 11) is 1.77. The predicted molar refractivity (Wildman–Crippen MR) is 103 cm³/mol. The molecule has 4 rings (SSSR count). The third-order valence-corrected chi connectivity index (χ3v) is 6.24. The Labute approximate surface area is 160 Å². The van der Waals surface area contributed by atoms with E-state index in [-0.39, 0.29) is 11.9 Å². The average Bonchev–Trinajstić information content (AvgIpc) is 3.32. The maximum Gasteiger partial charge on any atom is 0.178 e. The van der Waals surface area contributed by atoms with Crippen molar-refractivity contribution in [1.82, 2.24) is 9.47 Å². The second kappa shape index (κ2) is 6.95. The van der Waals surface area contributed by atoms with E-state index in [1.807, 2.05) is 44.2 Å². The third kappa shape index (κ3) is 2.99. The summed E-state index contributed by atoms with van der Waals surface area (Å²) in [4.78, 5) is 15.4. The Bertz CT molecular complexity index is 907. The van der Waals surface area contributed by atoms with Crippen molar-refractivity contribution < 1.29 is 9.53 Å². The van der Waals surface area contributed by atoms with E-state index in [0.717, 1.165) is 35.5 Å². The van der Waals surface area contributed by atoms with Gasteiger partial charge in [-0.15, -0.1) is 0 Å². The molecule has 140 valence electrons. The van der Waals surface area contributed by atoms with Gasteiger partial charge in [-0.3, -0.25) is 9.69 Å². The summed E-state index contributed by atoms with van der Waals surface area (Å²) in [5.74, 6) is 0.177. The highest BCUT2D eigenvalue weighted by molar-refractivity contribution is 5.99. The number of nitrogens with zero attached hydrogens (tertiary/aromatic N) is 3. The van der Waals surface area contributed by atoms with Crippen LogP contribution in [0.1, 0.15) is 46.6 Å². The number of ketones is 1. The van der Waals surface area contributed by atoms with Gasteiger partial charge < -0.3 is 9.30 Å². The minimum absolute atomic E-state index is 0.177. The van der Waals surface area contributed by atoms with Crippen molar-refractivity contribution in [3.63, 3.8) is 0 Å². The second-order valence-corrected chi connectivity index (χ2v) is 7.68. The minimum Gasteiger partial charge on any atom is -0.380 e. The van der Waals surface area contributed by atoms with Crippen molar-refractivity contribution in [3.8, 4) is 11.8 Å². The smallest absolute Gasteiger partial charge is 0.178 e. The van der Waals surface area contributed by atoms with Crippen molar-refractivity contribution >= 4 is 5.78 Å². The molecule has 1 aromatic carbocycles. The Morgan fingerprint density at radius 2 is 2.00 bits per heavy atom. The largest absolute Gasteiger partial charge is 0.380 e. The number of benzene rings is 1. The maximum absolute atomic E-state index is 13.1. The van der Waals surface area contributed by atoms with E-state index in [9.17, 15) is 4.79 Å². The van der Waals surface area contributed by atoms with E-state index in [0.29, 0.717) is 24.2 Å². The van der Waals surface area contributed by atoms with Crippen molar-refractivity contribution in [1.29, 1.82) is 5.26 Å². The molecule has 1 aromatic heterocycles. The fourth-order valence-electron chi connectivity index (χ4n) is 4.92. The van der Waals surface area contributed by atoms with Crippen molar-refractivity contribution in [2.24, 2.45) is 0 Å². The normalized spacial score (nSPS) is 24.3. The Hall–Kier alpha value is -2.42. The first-order valence-corrected chi connectivity index (χ1v) is 9.54. The standard InChI is InChI=1S/C22H25N3O2/c1-14-10-19(15(2)25(14)17-6-4-16(12-23)5-7-17)21(26)13-24-18-8-9-20(24)22(11-18)27-3/h4-7,10,18,20,22H,8-9,11,13H2,1-3H3/t18-,20+,22+/m0/s1. The Kier molecular flexibility index (Phi) is 4.63. The summed E-state index contributed by atoms with van der Waals surface area (Å²) in [5.41, 5.74) is 4.38. The van der Waals surface area contributed by atoms with Gasteiger partial charge in [0.05, 0.1) is 24.3 Å². The fraction of sp³-hybridized carbons (Fsp3) is 0.455. The molecule has 2 fully saturated rings. The van der Waals surface area contributed by atoms with Gasteiger partial charge in [-0.25, -0.2) is 0 Å². The Morgan fingerprint density at radius 1 is 1.26 bits per heavy atom. The van der Waals surface area contributed by atoms with E-state index in [4.69, 9.17) is 10.00 Å². The van der Waals surface area contributed by atoms with Crippen LogP contribution >= 0.6 is 0 Å². The zero-order valence-electron chi connectivity index (χ0n) is 16.1. The number of fused-ring (bicyclic) bond motifs is 2. The van der Waals surface area contributed by atoms with Gasteiger partial charge in [0.25, 0.3) is 0 Å². The molecule has 0 saturated carbocycles. The van der Waals surface area contributed by atoms with E-state index in [2.05, 4.69) is 15.5 Å². The predicted octanol–water partition coefficient (Wildman–Crippen LogP) is 3.40. The molecule has 2 aromatic rings. The van der Waals surface area contributed by atoms with Gasteiger partial charge in [0, 0.05) is 41.8 Å². The van der Waals surface area contributed by atoms with Gasteiger partial charge in [-0.05, 0) is 63.4 Å². The molecule has 27 heavy (non-hydrogen) atoms. The number of hydrogen-bond donors (Lipinski definition) is 0. The molecule has 0 aliphatic carbocycles. The van der Waals surface area contributed by atoms with Crippen LogP contribution in [-0.4, -0.2) is 47.1 Å². The molecule has 0 radical (unpaired) electrons. The monoisotopic (exact) mass is 363 g/mol. The van der Waals surface area contributed by atoms with Crippen LogP contribution in [0.2, 0.25) is 0 Å². The third-order valence-electron chi connectivity index (χ3n) is 6.24. The lowest BCUT2D eigenvalue weighted by Crippen LogP contribution is -2.37. The van der Waals surface area contributed by atoms with Crippen LogP contribution in [-0.2, 0) is 4.74 Å². The van der Waals surface area contributed by atoms with Crippen LogP contribution in [0, 0.1) is 25.2 Å². The van der Waals surface area contributed by atoms with Crippen molar-refractivity contribution in [2.75, 3.05) is 13.7 Å². The zero-order chi connectivity index (χ0) is 19.1. The first kappa shape index (κ1) is 18.0. The Balaban J connectivity index is 1.58. The molecule has 0 spiro atoms. The lowest BCUT2D eigenvalue weighted by Gasteiger charge is -2.22. The minimum atomic E-state index is 0.177. The number of nitriles is 1. The van der Waals surface area contributed by atoms with Crippen LogP contribution in [0.15, 0.2) is 30.3 Å². The molecular weight excluding hydrogens is 338 g/mol. The SMILES string of the molecule is CO[C@@H]1C[C@@H]2CC[C@H]1N2CC(=O)c1cc(C)n(-c2ccc(C#N)cc2)c1C. The molecule has 2 bridgehead atoms. The molecule has 0 N–H and O–H groups in total. The first-order chi connectivity index (χ1) is 13.0. The summed E-state index contributed by atoms with van der Waals surface area (Å²) >= 11 is 0. The van der Waals surface area contributed by atoms with Crippen LogP contribution in [0.4, 0.5) is 0 Å². The lowest BCUT2D eigenvalue weighted by atomic mass is 9.98. The summed E-state index contributed by atoms with van der Waals surface area (Å²) < 4.78 is 7.69. The molecule has 2 saturated heterocycles. The van der Waals surface area contributed by atoms with Crippen LogP contribution < -0.4 is 0 Å². The summed E-state index contributed by atoms with van der Waals surface area (Å²) in [6.45, 7) is 4.48. The van der Waals surface area contributed by atoms with Crippen LogP contribution in [0.3, 0.4) is 0 Å². The van der Waals surface area contributed by atoms with Gasteiger partial charge in [0.1, 0.15) is 0 Å². The van der Waals surface area contributed by atoms with Gasteiger partial charge in [-0.2, -0.15) is 5.26 Å². The summed E-state index contributed by atoms with van der Waals surface area (Å²) in [5, 5.41) is 8.99. The number of rotatable bonds is 5. The quantitative estimate of drug-likeness (QED) is 0.764. The van der Waals surface area contributed by atoms with Crippen LogP contribution in [0.25, 0.3) is 5.69 Å². The van der Waals surface area contributed by atoms with E-state index in [1.54, 1.807) is 7.11 Å². The van der Waals surface area contributed by atoms with E-state index < -0.39 is 0 Å². The average molecular weight is 363 g/mol. The van der Waals surface area contributed by atoms with Gasteiger partial charge >= 0.3 is 0 Å². The van der Waals surface area contributed by atoms with E-state index in [1.165, 1.54) is 6.42 Å². The number of methoxy groups -OCH3 is 1. The maximum atomic E-state index is 13.1. The number of ether oxygens (including phenoxy) is 1. The molecular formula is C22H25N3O2. The molecule has 5 heteroatoms. The number of carbonyl (C=O) groups excluding carboxylic acids is 1. The zero-order valence-corrected chi connectivity index (χ0v) is 16.1. The molecule has 2 aliphatic heterocycles. The molecule has 3 atom stereocenters. The van der Waals surface area contributed by atoms with Gasteiger partial charge in [0.15, 0.2) is 5.78 Å². The Morgan fingerprint density at radius 3 is 2.63 bits per heavy atom. The number of hydrogen-bond acceptors (Lipinski definition) is 4. The number of aromatic nitrogens is 1. The second-order valence-electron chi connectivity index (χ2n) is 7.68. The summed E-state index contributed by atoms with van der Waals surface area (Å²) in [6, 6.07) is 12.5. The number of Topliss-reactive ketones (excluding diaryl/α,β-unsaturated/α-hetero) is 1. The first-order valence-electron chi connectivity index (χ1n) is 9.54. The fourth-order valence-corrected chi connectivity index (χ4v) is 4.92. The molecule has 0 amide bonds. The van der Waals surface area contributed by atoms with Crippen molar-refractivity contribution in [2.45, 2.75) is 51.3 Å². The number of aryl methyl sites for hydroxylation is 1. The van der Waals surface area contributed by atoms with Crippen molar-refractivity contribution in [3.05, 3.63) is 52.8 Å². The topological polar surface area (TPSA) is 58.3 Å². The lowest BCUT2D eigenvalue weighted by molar-refractivity contribution is 0.0643. The van der Waals surface area contributed by atoms with Crippen LogP contribution in [0.5, 0.6) is 0 Å². The summed E-state index contributed by atoms with van der Waals surface area (Å²) in [6.07, 6.45) is 3.60. The molecule has 0 unspecified atom stereocenters. The highest BCUT2D eigenvalue weighted by atomic mass is 16.5. The molecule has 3 heterocycles. The molecule has 2 aliphatic rings. The van der Waals surface area contributed by atoms with Gasteiger partial charge in [0.2, 0.25) is 0 Å². The highest BCUT2D eigenvalue weighted by Gasteiger charge is 2.47. The van der Waals surface area contributed by atoms with Gasteiger partial charge in [-0.1, -0.05) is 0 Å².